The first-order valence-corrected chi connectivity index (χ1v) is 12.0. The highest BCUT2D eigenvalue weighted by Gasteiger charge is 2.47. The summed E-state index contributed by atoms with van der Waals surface area (Å²) in [5, 5.41) is 0. The van der Waals surface area contributed by atoms with Crippen LogP contribution in [-0.2, 0) is 24.3 Å². The zero-order chi connectivity index (χ0) is 22.2. The van der Waals surface area contributed by atoms with Gasteiger partial charge in [-0.2, -0.15) is 4.31 Å². The Balaban J connectivity index is 1.69. The van der Waals surface area contributed by atoms with Crippen molar-refractivity contribution in [2.24, 2.45) is 0 Å². The molecular formula is C21H20BrFN2O5S. The number of halogens is 2. The van der Waals surface area contributed by atoms with Crippen LogP contribution in [0.4, 0.5) is 10.1 Å². The van der Waals surface area contributed by atoms with Crippen molar-refractivity contribution in [1.29, 1.82) is 0 Å². The number of sulfonamides is 1. The van der Waals surface area contributed by atoms with Crippen molar-refractivity contribution in [3.8, 4) is 0 Å². The van der Waals surface area contributed by atoms with Gasteiger partial charge in [-0.05, 0) is 61.4 Å². The van der Waals surface area contributed by atoms with Gasteiger partial charge in [-0.1, -0.05) is 15.9 Å². The number of amides is 2. The lowest BCUT2D eigenvalue weighted by molar-refractivity contribution is -0.122. The van der Waals surface area contributed by atoms with Gasteiger partial charge < -0.3 is 4.74 Å². The Morgan fingerprint density at radius 2 is 1.77 bits per heavy atom. The molecule has 164 valence electrons. The lowest BCUT2D eigenvalue weighted by atomic mass is 10.2. The molecule has 7 nitrogen and oxygen atoms in total. The van der Waals surface area contributed by atoms with E-state index >= 15 is 0 Å². The van der Waals surface area contributed by atoms with Crippen LogP contribution in [0.1, 0.15) is 19.3 Å². The van der Waals surface area contributed by atoms with Crippen molar-refractivity contribution in [2.75, 3.05) is 18.1 Å². The number of hydrogen-bond donors (Lipinski definition) is 0. The van der Waals surface area contributed by atoms with Crippen LogP contribution >= 0.6 is 15.9 Å². The summed E-state index contributed by atoms with van der Waals surface area (Å²) < 4.78 is 47.7. The number of hydrogen-bond acceptors (Lipinski definition) is 5. The monoisotopic (exact) mass is 510 g/mol. The Labute approximate surface area is 188 Å². The summed E-state index contributed by atoms with van der Waals surface area (Å²) in [5.41, 5.74) is 0.206. The predicted molar refractivity (Wildman–Crippen MR) is 114 cm³/mol. The first-order chi connectivity index (χ1) is 14.8. The van der Waals surface area contributed by atoms with Crippen LogP contribution in [0, 0.1) is 5.82 Å². The Kier molecular flexibility index (Phi) is 6.25. The molecule has 0 spiro atoms. The van der Waals surface area contributed by atoms with Crippen LogP contribution in [0.5, 0.6) is 0 Å². The molecule has 2 aliphatic rings. The molecule has 31 heavy (non-hydrogen) atoms. The number of rotatable bonds is 6. The smallest absolute Gasteiger partial charge is 0.252 e. The summed E-state index contributed by atoms with van der Waals surface area (Å²) in [4.78, 5) is 26.8. The van der Waals surface area contributed by atoms with Gasteiger partial charge in [0.2, 0.25) is 15.9 Å². The second kappa shape index (κ2) is 8.78. The summed E-state index contributed by atoms with van der Waals surface area (Å²) in [6, 6.07) is 9.82. The lowest BCUT2D eigenvalue weighted by Gasteiger charge is -2.29. The molecule has 2 amide bonds. The van der Waals surface area contributed by atoms with Crippen LogP contribution in [0.3, 0.4) is 0 Å². The van der Waals surface area contributed by atoms with Crippen molar-refractivity contribution < 1.29 is 27.1 Å². The van der Waals surface area contributed by atoms with Crippen LogP contribution in [0.2, 0.25) is 0 Å². The van der Waals surface area contributed by atoms with Gasteiger partial charge in [0.05, 0.1) is 23.1 Å². The third kappa shape index (κ3) is 4.43. The molecule has 2 aliphatic heterocycles. The van der Waals surface area contributed by atoms with E-state index in [2.05, 4.69) is 15.9 Å². The highest BCUT2D eigenvalue weighted by Crippen LogP contribution is 2.31. The minimum Gasteiger partial charge on any atom is -0.377 e. The third-order valence-corrected chi connectivity index (χ3v) is 7.80. The van der Waals surface area contributed by atoms with Crippen LogP contribution in [0.15, 0.2) is 57.9 Å². The molecule has 0 N–H and O–H groups in total. The summed E-state index contributed by atoms with van der Waals surface area (Å²) >= 11 is 3.28. The SMILES string of the molecule is O=C1CC(N(CC2CCCO2)S(=O)(=O)c2ccc(Br)cc2)C(=O)N1c1ccc(F)cc1. The number of ether oxygens (including phenoxy) is 1. The fourth-order valence-corrected chi connectivity index (χ4v) is 5.70. The van der Waals surface area contributed by atoms with Crippen molar-refractivity contribution >= 4 is 43.5 Å². The lowest BCUT2D eigenvalue weighted by Crippen LogP contribution is -2.48. The quantitative estimate of drug-likeness (QED) is 0.557. The molecule has 2 atom stereocenters. The molecule has 0 bridgehead atoms. The minimum atomic E-state index is -4.08. The molecule has 2 aromatic rings. The van der Waals surface area contributed by atoms with Gasteiger partial charge >= 0.3 is 0 Å². The van der Waals surface area contributed by atoms with Gasteiger partial charge in [-0.25, -0.2) is 17.7 Å². The summed E-state index contributed by atoms with van der Waals surface area (Å²) in [6.07, 6.45) is 0.825. The van der Waals surface area contributed by atoms with Gasteiger partial charge in [-0.15, -0.1) is 0 Å². The number of anilines is 1. The second-order valence-corrected chi connectivity index (χ2v) is 10.2. The predicted octanol–water partition coefficient (Wildman–Crippen LogP) is 3.09. The maximum Gasteiger partial charge on any atom is 0.252 e. The first-order valence-electron chi connectivity index (χ1n) is 9.79. The Morgan fingerprint density at radius 3 is 2.39 bits per heavy atom. The average molecular weight is 511 g/mol. The maximum atomic E-state index is 13.5. The molecule has 2 unspecified atom stereocenters. The van der Waals surface area contributed by atoms with E-state index < -0.39 is 33.7 Å². The number of carbonyl (C=O) groups is 2. The van der Waals surface area contributed by atoms with E-state index in [-0.39, 0.29) is 29.7 Å². The minimum absolute atomic E-state index is 0.0224. The Hall–Kier alpha value is -2.14. The van der Waals surface area contributed by atoms with Crippen molar-refractivity contribution in [1.82, 2.24) is 4.31 Å². The average Bonchev–Trinajstić information content (AvgIpc) is 3.35. The fraction of sp³-hybridized carbons (Fsp3) is 0.333. The molecule has 0 saturated carbocycles. The topological polar surface area (TPSA) is 84.0 Å². The van der Waals surface area contributed by atoms with E-state index in [1.54, 1.807) is 12.1 Å². The molecule has 2 fully saturated rings. The molecule has 2 heterocycles. The summed E-state index contributed by atoms with van der Waals surface area (Å²) in [5.74, 6) is -1.70. The highest BCUT2D eigenvalue weighted by molar-refractivity contribution is 9.10. The van der Waals surface area contributed by atoms with Gasteiger partial charge in [0.25, 0.3) is 5.91 Å². The van der Waals surface area contributed by atoms with Crippen LogP contribution in [0.25, 0.3) is 0 Å². The maximum absolute atomic E-state index is 13.5. The number of imide groups is 1. The van der Waals surface area contributed by atoms with Gasteiger partial charge in [0, 0.05) is 17.6 Å². The van der Waals surface area contributed by atoms with Crippen molar-refractivity contribution in [3.63, 3.8) is 0 Å². The molecule has 2 aromatic carbocycles. The van der Waals surface area contributed by atoms with Crippen LogP contribution in [-0.4, -0.2) is 49.8 Å². The van der Waals surface area contributed by atoms with E-state index in [9.17, 15) is 22.4 Å². The molecule has 0 aromatic heterocycles. The summed E-state index contributed by atoms with van der Waals surface area (Å²) in [6.45, 7) is 0.495. The van der Waals surface area contributed by atoms with Gasteiger partial charge in [0.15, 0.2) is 0 Å². The molecule has 0 aliphatic carbocycles. The Morgan fingerprint density at radius 1 is 1.10 bits per heavy atom. The van der Waals surface area contributed by atoms with E-state index in [0.717, 1.165) is 27.8 Å². The normalized spacial score (nSPS) is 22.0. The van der Waals surface area contributed by atoms with Gasteiger partial charge in [-0.3, -0.25) is 9.59 Å². The number of benzene rings is 2. The zero-order valence-electron chi connectivity index (χ0n) is 16.4. The zero-order valence-corrected chi connectivity index (χ0v) is 18.8. The highest BCUT2D eigenvalue weighted by atomic mass is 79.9. The standard InChI is InChI=1S/C21H20BrFN2O5S/c22-14-3-9-18(10-4-14)31(28,29)24(13-17-2-1-11-30-17)19-12-20(26)25(21(19)27)16-7-5-15(23)6-8-16/h3-10,17,19H,1-2,11-13H2. The molecule has 10 heteroatoms. The third-order valence-electron chi connectivity index (χ3n) is 5.38. The van der Waals surface area contributed by atoms with E-state index in [4.69, 9.17) is 4.74 Å². The first kappa shape index (κ1) is 22.1. The van der Waals surface area contributed by atoms with E-state index in [0.29, 0.717) is 17.5 Å². The molecule has 0 radical (unpaired) electrons. The van der Waals surface area contributed by atoms with Crippen LogP contribution < -0.4 is 4.90 Å². The van der Waals surface area contributed by atoms with E-state index in [1.165, 1.54) is 24.3 Å². The second-order valence-electron chi connectivity index (χ2n) is 7.43. The van der Waals surface area contributed by atoms with E-state index in [1.807, 2.05) is 0 Å². The van der Waals surface area contributed by atoms with Crippen molar-refractivity contribution in [3.05, 3.63) is 58.8 Å². The number of nitrogens with zero attached hydrogens (tertiary/aromatic N) is 2. The summed E-state index contributed by atoms with van der Waals surface area (Å²) in [7, 11) is -4.08. The Bertz CT molecular complexity index is 1090. The van der Waals surface area contributed by atoms with Gasteiger partial charge in [0.1, 0.15) is 11.9 Å². The number of carbonyl (C=O) groups excluding carboxylic acids is 2. The fourth-order valence-electron chi connectivity index (χ4n) is 3.83. The largest absolute Gasteiger partial charge is 0.377 e. The van der Waals surface area contributed by atoms with Crippen molar-refractivity contribution in [2.45, 2.75) is 36.3 Å². The molecule has 2 saturated heterocycles. The molecular weight excluding hydrogens is 491 g/mol. The molecule has 4 rings (SSSR count).